The summed E-state index contributed by atoms with van der Waals surface area (Å²) in [6.45, 7) is 3.70. The maximum absolute atomic E-state index is 11.3. The summed E-state index contributed by atoms with van der Waals surface area (Å²) in [7, 11) is 0. The van der Waals surface area contributed by atoms with Crippen molar-refractivity contribution < 1.29 is 4.79 Å². The molecule has 2 heteroatoms. The summed E-state index contributed by atoms with van der Waals surface area (Å²) in [6, 6.07) is 6.74. The van der Waals surface area contributed by atoms with E-state index in [0.29, 0.717) is 5.41 Å². The molecule has 1 aromatic carbocycles. The molecule has 4 saturated carbocycles. The fourth-order valence-corrected chi connectivity index (χ4v) is 5.79. The van der Waals surface area contributed by atoms with Crippen LogP contribution in [0.5, 0.6) is 0 Å². The Morgan fingerprint density at radius 3 is 2.14 bits per heavy atom. The zero-order valence-corrected chi connectivity index (χ0v) is 13.1. The summed E-state index contributed by atoms with van der Waals surface area (Å²) < 4.78 is 0. The normalized spacial score (nSPS) is 36.8. The van der Waals surface area contributed by atoms with Gasteiger partial charge in [-0.05, 0) is 85.8 Å². The lowest BCUT2D eigenvalue weighted by Crippen LogP contribution is -2.48. The van der Waals surface area contributed by atoms with E-state index in [9.17, 15) is 4.79 Å². The molecule has 0 saturated heterocycles. The Morgan fingerprint density at radius 2 is 1.67 bits per heavy atom. The molecule has 112 valence electrons. The largest absolute Gasteiger partial charge is 0.326 e. The highest BCUT2D eigenvalue weighted by Crippen LogP contribution is 2.60. The van der Waals surface area contributed by atoms with E-state index in [0.717, 1.165) is 23.4 Å². The van der Waals surface area contributed by atoms with Crippen molar-refractivity contribution >= 4 is 11.6 Å². The average Bonchev–Trinajstić information content (AvgIpc) is 2.39. The standard InChI is InChI=1S/C19H25NO/c1-12-5-17(3-4-18(12)20-13(2)21)19-9-14-6-15(10-19)8-16(7-14)11-19/h3-5,14-16H,6-11H2,1-2H3,(H,20,21). The van der Waals surface area contributed by atoms with Crippen molar-refractivity contribution in [2.24, 2.45) is 17.8 Å². The van der Waals surface area contributed by atoms with Gasteiger partial charge in [-0.25, -0.2) is 0 Å². The number of carbonyl (C=O) groups is 1. The SMILES string of the molecule is CC(=O)Nc1ccc(C23CC4CC(CC(C4)C2)C3)cc1C. The minimum absolute atomic E-state index is 0.0145. The van der Waals surface area contributed by atoms with E-state index in [4.69, 9.17) is 0 Å². The third kappa shape index (κ3) is 2.20. The van der Waals surface area contributed by atoms with Crippen LogP contribution in [0, 0.1) is 24.7 Å². The molecule has 0 unspecified atom stereocenters. The van der Waals surface area contributed by atoms with Crippen LogP contribution >= 0.6 is 0 Å². The number of aryl methyl sites for hydroxylation is 1. The summed E-state index contributed by atoms with van der Waals surface area (Å²) in [5, 5.41) is 2.94. The lowest BCUT2D eigenvalue weighted by Gasteiger charge is -2.57. The summed E-state index contributed by atoms with van der Waals surface area (Å²) in [5.41, 5.74) is 4.16. The van der Waals surface area contributed by atoms with Gasteiger partial charge in [0.05, 0.1) is 0 Å². The van der Waals surface area contributed by atoms with Crippen molar-refractivity contribution in [3.63, 3.8) is 0 Å². The number of hydrogen-bond acceptors (Lipinski definition) is 1. The van der Waals surface area contributed by atoms with Gasteiger partial charge in [0.2, 0.25) is 5.91 Å². The van der Waals surface area contributed by atoms with Gasteiger partial charge in [-0.2, -0.15) is 0 Å². The Bertz CT molecular complexity index is 554. The molecule has 4 aliphatic rings. The highest BCUT2D eigenvalue weighted by molar-refractivity contribution is 5.89. The van der Waals surface area contributed by atoms with Gasteiger partial charge in [0.25, 0.3) is 0 Å². The van der Waals surface area contributed by atoms with Crippen LogP contribution in [0.4, 0.5) is 5.69 Å². The number of benzene rings is 1. The minimum atomic E-state index is 0.0145. The molecule has 0 spiro atoms. The van der Waals surface area contributed by atoms with Gasteiger partial charge in [-0.3, -0.25) is 4.79 Å². The minimum Gasteiger partial charge on any atom is -0.326 e. The highest BCUT2D eigenvalue weighted by atomic mass is 16.1. The Hall–Kier alpha value is -1.31. The number of nitrogens with one attached hydrogen (secondary N) is 1. The lowest BCUT2D eigenvalue weighted by molar-refractivity contribution is -0.114. The van der Waals surface area contributed by atoms with E-state index in [1.54, 1.807) is 6.92 Å². The van der Waals surface area contributed by atoms with Crippen LogP contribution in [-0.2, 0) is 10.2 Å². The van der Waals surface area contributed by atoms with Gasteiger partial charge in [0, 0.05) is 12.6 Å². The van der Waals surface area contributed by atoms with Crippen LogP contribution in [0.2, 0.25) is 0 Å². The first-order valence-electron chi connectivity index (χ1n) is 8.43. The molecule has 0 aromatic heterocycles. The zero-order chi connectivity index (χ0) is 14.6. The second kappa shape index (κ2) is 4.59. The van der Waals surface area contributed by atoms with Crippen LogP contribution in [0.15, 0.2) is 18.2 Å². The van der Waals surface area contributed by atoms with Crippen molar-refractivity contribution in [3.05, 3.63) is 29.3 Å². The predicted octanol–water partition coefficient (Wildman–Crippen LogP) is 4.42. The molecule has 1 N–H and O–H groups in total. The maximum Gasteiger partial charge on any atom is 0.221 e. The van der Waals surface area contributed by atoms with Gasteiger partial charge in [0.1, 0.15) is 0 Å². The van der Waals surface area contributed by atoms with E-state index in [2.05, 4.69) is 30.4 Å². The monoisotopic (exact) mass is 283 g/mol. The number of hydrogen-bond donors (Lipinski definition) is 1. The molecule has 2 nitrogen and oxygen atoms in total. The molecule has 0 heterocycles. The van der Waals surface area contributed by atoms with E-state index in [1.165, 1.54) is 49.7 Å². The summed E-state index contributed by atoms with van der Waals surface area (Å²) in [6.07, 6.45) is 8.67. The Kier molecular flexibility index (Phi) is 2.92. The zero-order valence-electron chi connectivity index (χ0n) is 13.1. The number of anilines is 1. The molecule has 4 fully saturated rings. The van der Waals surface area contributed by atoms with Crippen molar-refractivity contribution in [2.75, 3.05) is 5.32 Å². The van der Waals surface area contributed by atoms with Crippen LogP contribution in [-0.4, -0.2) is 5.91 Å². The summed E-state index contributed by atoms with van der Waals surface area (Å²) in [4.78, 5) is 11.3. The molecular weight excluding hydrogens is 258 g/mol. The summed E-state index contributed by atoms with van der Waals surface area (Å²) in [5.74, 6) is 2.95. The molecule has 1 amide bonds. The first kappa shape index (κ1) is 13.4. The molecule has 0 radical (unpaired) electrons. The molecule has 5 rings (SSSR count). The first-order chi connectivity index (χ1) is 10.0. The van der Waals surface area contributed by atoms with E-state index >= 15 is 0 Å². The Morgan fingerprint density at radius 1 is 1.10 bits per heavy atom. The molecule has 1 aromatic rings. The van der Waals surface area contributed by atoms with Crippen molar-refractivity contribution in [1.82, 2.24) is 0 Å². The quantitative estimate of drug-likeness (QED) is 0.855. The average molecular weight is 283 g/mol. The van der Waals surface area contributed by atoms with E-state index in [-0.39, 0.29) is 5.91 Å². The van der Waals surface area contributed by atoms with Gasteiger partial charge in [-0.1, -0.05) is 12.1 Å². The van der Waals surface area contributed by atoms with Crippen LogP contribution in [0.25, 0.3) is 0 Å². The molecular formula is C19H25NO. The molecule has 21 heavy (non-hydrogen) atoms. The maximum atomic E-state index is 11.3. The smallest absolute Gasteiger partial charge is 0.221 e. The molecule has 4 bridgehead atoms. The fourth-order valence-electron chi connectivity index (χ4n) is 5.79. The first-order valence-corrected chi connectivity index (χ1v) is 8.43. The van der Waals surface area contributed by atoms with E-state index < -0.39 is 0 Å². The van der Waals surface area contributed by atoms with Crippen LogP contribution in [0.1, 0.15) is 56.6 Å². The summed E-state index contributed by atoms with van der Waals surface area (Å²) >= 11 is 0. The topological polar surface area (TPSA) is 29.1 Å². The Balaban J connectivity index is 1.67. The highest BCUT2D eigenvalue weighted by Gasteiger charge is 2.51. The van der Waals surface area contributed by atoms with Crippen LogP contribution in [0.3, 0.4) is 0 Å². The van der Waals surface area contributed by atoms with E-state index in [1.807, 2.05) is 0 Å². The molecule has 0 aliphatic heterocycles. The van der Waals surface area contributed by atoms with Gasteiger partial charge >= 0.3 is 0 Å². The second-order valence-corrected chi connectivity index (χ2v) is 7.91. The van der Waals surface area contributed by atoms with Gasteiger partial charge in [0.15, 0.2) is 0 Å². The number of rotatable bonds is 2. The second-order valence-electron chi connectivity index (χ2n) is 7.91. The van der Waals surface area contributed by atoms with Crippen molar-refractivity contribution in [2.45, 2.75) is 57.8 Å². The van der Waals surface area contributed by atoms with Crippen LogP contribution < -0.4 is 5.32 Å². The van der Waals surface area contributed by atoms with Crippen molar-refractivity contribution in [3.8, 4) is 0 Å². The number of carbonyl (C=O) groups excluding carboxylic acids is 1. The predicted molar refractivity (Wildman–Crippen MR) is 85.3 cm³/mol. The van der Waals surface area contributed by atoms with Crippen molar-refractivity contribution in [1.29, 1.82) is 0 Å². The van der Waals surface area contributed by atoms with Gasteiger partial charge in [-0.15, -0.1) is 0 Å². The lowest BCUT2D eigenvalue weighted by atomic mass is 9.48. The molecule has 0 atom stereocenters. The third-order valence-corrected chi connectivity index (χ3v) is 6.19. The molecule has 4 aliphatic carbocycles. The van der Waals surface area contributed by atoms with Gasteiger partial charge < -0.3 is 5.32 Å². The fraction of sp³-hybridized carbons (Fsp3) is 0.632. The Labute approximate surface area is 127 Å². The number of amides is 1. The third-order valence-electron chi connectivity index (χ3n) is 6.19.